The molecule has 114 valence electrons. The molecule has 6 heteroatoms. The van der Waals surface area contributed by atoms with Crippen molar-refractivity contribution in [3.8, 4) is 0 Å². The second-order valence-corrected chi connectivity index (χ2v) is 5.05. The zero-order valence-corrected chi connectivity index (χ0v) is 12.2. The van der Waals surface area contributed by atoms with Gasteiger partial charge in [-0.3, -0.25) is 4.79 Å². The minimum Gasteiger partial charge on any atom is -0.480 e. The molecule has 0 unspecified atom stereocenters. The van der Waals surface area contributed by atoms with Crippen LogP contribution in [0.4, 0.5) is 4.39 Å². The lowest BCUT2D eigenvalue weighted by atomic mass is 10.1. The van der Waals surface area contributed by atoms with E-state index in [4.69, 9.17) is 11.6 Å². The number of amides is 1. The van der Waals surface area contributed by atoms with Crippen LogP contribution in [0.25, 0.3) is 0 Å². The summed E-state index contributed by atoms with van der Waals surface area (Å²) in [7, 11) is 0. The van der Waals surface area contributed by atoms with Gasteiger partial charge in [0.15, 0.2) is 0 Å². The molecule has 0 aromatic heterocycles. The maximum atomic E-state index is 13.6. The van der Waals surface area contributed by atoms with Crippen molar-refractivity contribution in [3.63, 3.8) is 0 Å². The molecule has 0 saturated carbocycles. The van der Waals surface area contributed by atoms with Crippen molar-refractivity contribution < 1.29 is 19.1 Å². The second kappa shape index (κ2) is 7.04. The van der Waals surface area contributed by atoms with E-state index in [1.807, 2.05) is 0 Å². The van der Waals surface area contributed by atoms with Crippen LogP contribution < -0.4 is 5.32 Å². The number of nitrogens with one attached hydrogen (secondary N) is 1. The third kappa shape index (κ3) is 3.83. The van der Waals surface area contributed by atoms with Gasteiger partial charge in [0.05, 0.1) is 5.56 Å². The average molecular weight is 322 g/mol. The monoisotopic (exact) mass is 321 g/mol. The Morgan fingerprint density at radius 1 is 1.14 bits per heavy atom. The molecule has 0 bridgehead atoms. The van der Waals surface area contributed by atoms with Crippen LogP contribution >= 0.6 is 11.6 Å². The largest absolute Gasteiger partial charge is 0.480 e. The Morgan fingerprint density at radius 2 is 1.77 bits per heavy atom. The number of carboxylic acid groups (broad SMARTS) is 1. The van der Waals surface area contributed by atoms with Gasteiger partial charge in [0, 0.05) is 11.4 Å². The van der Waals surface area contributed by atoms with E-state index in [1.54, 1.807) is 24.3 Å². The van der Waals surface area contributed by atoms with Crippen LogP contribution in [-0.4, -0.2) is 23.0 Å². The number of halogens is 2. The first-order chi connectivity index (χ1) is 10.5. The summed E-state index contributed by atoms with van der Waals surface area (Å²) in [6.07, 6.45) is 0.00913. The molecule has 2 N–H and O–H groups in total. The molecule has 2 aromatic carbocycles. The molecular weight excluding hydrogens is 309 g/mol. The van der Waals surface area contributed by atoms with Gasteiger partial charge in [-0.15, -0.1) is 0 Å². The van der Waals surface area contributed by atoms with Gasteiger partial charge < -0.3 is 10.4 Å². The summed E-state index contributed by atoms with van der Waals surface area (Å²) in [6.45, 7) is 0. The molecule has 0 fully saturated rings. The average Bonchev–Trinajstić information content (AvgIpc) is 2.49. The lowest BCUT2D eigenvalue weighted by Gasteiger charge is -2.15. The molecule has 0 saturated heterocycles. The fourth-order valence-electron chi connectivity index (χ4n) is 1.97. The van der Waals surface area contributed by atoms with E-state index >= 15 is 0 Å². The molecule has 0 heterocycles. The highest BCUT2D eigenvalue weighted by Gasteiger charge is 2.23. The molecule has 2 aromatic rings. The number of carbonyl (C=O) groups excluding carboxylic acids is 1. The van der Waals surface area contributed by atoms with Gasteiger partial charge in [-0.25, -0.2) is 9.18 Å². The summed E-state index contributed by atoms with van der Waals surface area (Å²) in [5.74, 6) is -2.70. The SMILES string of the molecule is O=C(N[C@@H](Cc1ccccc1Cl)C(=O)O)c1ccccc1F. The van der Waals surface area contributed by atoms with Crippen LogP contribution in [0.1, 0.15) is 15.9 Å². The van der Waals surface area contributed by atoms with E-state index in [1.165, 1.54) is 18.2 Å². The molecule has 0 radical (unpaired) electrons. The first-order valence-electron chi connectivity index (χ1n) is 6.50. The third-order valence-corrected chi connectivity index (χ3v) is 3.47. The number of rotatable bonds is 5. The van der Waals surface area contributed by atoms with E-state index in [2.05, 4.69) is 5.32 Å². The number of benzene rings is 2. The molecule has 0 aliphatic carbocycles. The fourth-order valence-corrected chi connectivity index (χ4v) is 2.18. The molecule has 22 heavy (non-hydrogen) atoms. The summed E-state index contributed by atoms with van der Waals surface area (Å²) in [4.78, 5) is 23.3. The highest BCUT2D eigenvalue weighted by molar-refractivity contribution is 6.31. The van der Waals surface area contributed by atoms with E-state index in [0.717, 1.165) is 6.07 Å². The summed E-state index contributed by atoms with van der Waals surface area (Å²) >= 11 is 5.99. The smallest absolute Gasteiger partial charge is 0.326 e. The molecule has 0 spiro atoms. The van der Waals surface area contributed by atoms with Gasteiger partial charge in [0.2, 0.25) is 0 Å². The van der Waals surface area contributed by atoms with E-state index < -0.39 is 23.7 Å². The van der Waals surface area contributed by atoms with Crippen molar-refractivity contribution in [2.24, 2.45) is 0 Å². The number of hydrogen-bond acceptors (Lipinski definition) is 2. The topological polar surface area (TPSA) is 66.4 Å². The lowest BCUT2D eigenvalue weighted by Crippen LogP contribution is -2.42. The van der Waals surface area contributed by atoms with Crippen molar-refractivity contribution in [1.29, 1.82) is 0 Å². The van der Waals surface area contributed by atoms with Crippen LogP contribution in [-0.2, 0) is 11.2 Å². The number of carboxylic acids is 1. The quantitative estimate of drug-likeness (QED) is 0.890. The fraction of sp³-hybridized carbons (Fsp3) is 0.125. The van der Waals surface area contributed by atoms with Gasteiger partial charge in [-0.2, -0.15) is 0 Å². The molecule has 4 nitrogen and oxygen atoms in total. The van der Waals surface area contributed by atoms with Gasteiger partial charge in [0.1, 0.15) is 11.9 Å². The van der Waals surface area contributed by atoms with Crippen molar-refractivity contribution in [3.05, 3.63) is 70.5 Å². The van der Waals surface area contributed by atoms with Crippen LogP contribution in [0.5, 0.6) is 0 Å². The number of aliphatic carboxylic acids is 1. The first kappa shape index (κ1) is 16.0. The number of hydrogen-bond donors (Lipinski definition) is 2. The highest BCUT2D eigenvalue weighted by Crippen LogP contribution is 2.17. The van der Waals surface area contributed by atoms with E-state index in [-0.39, 0.29) is 12.0 Å². The molecule has 1 atom stereocenters. The Labute approximate surface area is 131 Å². The minimum atomic E-state index is -1.22. The number of carbonyl (C=O) groups is 2. The zero-order valence-electron chi connectivity index (χ0n) is 11.4. The Bertz CT molecular complexity index is 705. The lowest BCUT2D eigenvalue weighted by molar-refractivity contribution is -0.139. The Kier molecular flexibility index (Phi) is 5.12. The van der Waals surface area contributed by atoms with Gasteiger partial charge >= 0.3 is 5.97 Å². The van der Waals surface area contributed by atoms with Crippen LogP contribution in [0.2, 0.25) is 5.02 Å². The predicted molar refractivity (Wildman–Crippen MR) is 80.4 cm³/mol. The maximum absolute atomic E-state index is 13.6. The summed E-state index contributed by atoms with van der Waals surface area (Å²) in [6, 6.07) is 10.9. The summed E-state index contributed by atoms with van der Waals surface area (Å²) in [5, 5.41) is 12.0. The normalized spacial score (nSPS) is 11.7. The van der Waals surface area contributed by atoms with Crippen molar-refractivity contribution in [1.82, 2.24) is 5.32 Å². The van der Waals surface area contributed by atoms with Crippen LogP contribution in [0.3, 0.4) is 0 Å². The maximum Gasteiger partial charge on any atom is 0.326 e. The first-order valence-corrected chi connectivity index (χ1v) is 6.88. The van der Waals surface area contributed by atoms with Crippen molar-refractivity contribution >= 4 is 23.5 Å². The molecule has 2 rings (SSSR count). The third-order valence-electron chi connectivity index (χ3n) is 3.10. The van der Waals surface area contributed by atoms with Crippen molar-refractivity contribution in [2.75, 3.05) is 0 Å². The molecule has 0 aliphatic heterocycles. The van der Waals surface area contributed by atoms with Crippen molar-refractivity contribution in [2.45, 2.75) is 12.5 Å². The standard InChI is InChI=1S/C16H13ClFNO3/c17-12-7-3-1-5-10(12)9-14(16(21)22)19-15(20)11-6-2-4-8-13(11)18/h1-8,14H,9H2,(H,19,20)(H,21,22)/t14-/m0/s1. The van der Waals surface area contributed by atoms with Gasteiger partial charge in [-0.05, 0) is 23.8 Å². The van der Waals surface area contributed by atoms with Crippen LogP contribution in [0.15, 0.2) is 48.5 Å². The minimum absolute atomic E-state index is 0.00913. The van der Waals surface area contributed by atoms with Crippen LogP contribution in [0, 0.1) is 5.82 Å². The van der Waals surface area contributed by atoms with E-state index in [0.29, 0.717) is 10.6 Å². The summed E-state index contributed by atoms with van der Waals surface area (Å²) in [5.41, 5.74) is 0.387. The van der Waals surface area contributed by atoms with Gasteiger partial charge in [0.25, 0.3) is 5.91 Å². The van der Waals surface area contributed by atoms with E-state index in [9.17, 15) is 19.1 Å². The molecular formula is C16H13ClFNO3. The molecule has 0 aliphatic rings. The predicted octanol–water partition coefficient (Wildman–Crippen LogP) is 2.90. The van der Waals surface area contributed by atoms with Gasteiger partial charge in [-0.1, -0.05) is 41.9 Å². The second-order valence-electron chi connectivity index (χ2n) is 4.64. The Balaban J connectivity index is 2.16. The highest BCUT2D eigenvalue weighted by atomic mass is 35.5. The summed E-state index contributed by atoms with van der Waals surface area (Å²) < 4.78 is 13.6. The zero-order chi connectivity index (χ0) is 16.1. The Hall–Kier alpha value is -2.40. The molecule has 1 amide bonds. The Morgan fingerprint density at radius 3 is 2.41 bits per heavy atom.